The Morgan fingerprint density at radius 2 is 2.05 bits per heavy atom. The highest BCUT2D eigenvalue weighted by molar-refractivity contribution is 7.22. The van der Waals surface area contributed by atoms with Crippen LogP contribution in [0.25, 0.3) is 10.2 Å². The molecule has 2 aromatic heterocycles. The Labute approximate surface area is 118 Å². The van der Waals surface area contributed by atoms with E-state index in [1.165, 1.54) is 21.9 Å². The van der Waals surface area contributed by atoms with Gasteiger partial charge in [0, 0.05) is 15.8 Å². The predicted octanol–water partition coefficient (Wildman–Crippen LogP) is 4.98. The molecule has 3 rings (SSSR count). The van der Waals surface area contributed by atoms with Gasteiger partial charge in [0.25, 0.3) is 0 Å². The van der Waals surface area contributed by atoms with Crippen molar-refractivity contribution in [3.8, 4) is 0 Å². The summed E-state index contributed by atoms with van der Waals surface area (Å²) in [5.74, 6) is -0.244. The molecule has 0 spiro atoms. The first-order valence-corrected chi connectivity index (χ1v) is 7.64. The van der Waals surface area contributed by atoms with Crippen molar-refractivity contribution in [2.75, 3.05) is 5.32 Å². The van der Waals surface area contributed by atoms with Gasteiger partial charge in [-0.05, 0) is 38.1 Å². The highest BCUT2D eigenvalue weighted by Gasteiger charge is 2.11. The summed E-state index contributed by atoms with van der Waals surface area (Å²) >= 11 is 3.33. The molecule has 0 amide bonds. The van der Waals surface area contributed by atoms with Crippen molar-refractivity contribution in [1.29, 1.82) is 0 Å². The Hall–Kier alpha value is -1.46. The summed E-state index contributed by atoms with van der Waals surface area (Å²) in [6, 6.07) is 9.17. The zero-order valence-corrected chi connectivity index (χ0v) is 12.2. The minimum absolute atomic E-state index is 0.212. The van der Waals surface area contributed by atoms with Gasteiger partial charge in [0.2, 0.25) is 0 Å². The lowest BCUT2D eigenvalue weighted by atomic mass is 10.3. The van der Waals surface area contributed by atoms with Crippen LogP contribution in [0.2, 0.25) is 0 Å². The number of nitrogens with one attached hydrogen (secondary N) is 1. The first kappa shape index (κ1) is 12.6. The number of thiazole rings is 1. The third-order valence-electron chi connectivity index (χ3n) is 2.88. The van der Waals surface area contributed by atoms with E-state index in [-0.39, 0.29) is 11.9 Å². The van der Waals surface area contributed by atoms with Gasteiger partial charge >= 0.3 is 0 Å². The number of thiophene rings is 1. The van der Waals surface area contributed by atoms with E-state index < -0.39 is 0 Å². The summed E-state index contributed by atoms with van der Waals surface area (Å²) in [6.45, 7) is 4.21. The number of hydrogen-bond donors (Lipinski definition) is 1. The molecule has 1 N–H and O–H groups in total. The molecule has 1 aromatic carbocycles. The van der Waals surface area contributed by atoms with Gasteiger partial charge in [0.1, 0.15) is 5.82 Å². The molecule has 0 fully saturated rings. The number of hydrogen-bond acceptors (Lipinski definition) is 4. The molecule has 0 saturated carbocycles. The second-order valence-corrected chi connectivity index (χ2v) is 6.80. The monoisotopic (exact) mass is 292 g/mol. The number of fused-ring (bicyclic) bond motifs is 1. The summed E-state index contributed by atoms with van der Waals surface area (Å²) in [4.78, 5) is 7.00. The molecule has 2 nitrogen and oxygen atoms in total. The van der Waals surface area contributed by atoms with E-state index in [1.54, 1.807) is 28.7 Å². The van der Waals surface area contributed by atoms with Crippen molar-refractivity contribution >= 4 is 38.0 Å². The fourth-order valence-electron chi connectivity index (χ4n) is 1.90. The second-order valence-electron chi connectivity index (χ2n) is 4.45. The first-order valence-electron chi connectivity index (χ1n) is 6.01. The molecular weight excluding hydrogens is 279 g/mol. The van der Waals surface area contributed by atoms with E-state index >= 15 is 0 Å². The van der Waals surface area contributed by atoms with Crippen molar-refractivity contribution in [3.05, 3.63) is 45.9 Å². The maximum atomic E-state index is 13.1. The second kappa shape index (κ2) is 4.90. The van der Waals surface area contributed by atoms with Gasteiger partial charge in [0.15, 0.2) is 5.13 Å². The van der Waals surface area contributed by atoms with E-state index in [1.807, 2.05) is 0 Å². The number of rotatable bonds is 3. The fraction of sp³-hybridized carbons (Fsp3) is 0.214. The van der Waals surface area contributed by atoms with E-state index in [0.29, 0.717) is 5.52 Å². The number of nitrogens with zero attached hydrogens (tertiary/aromatic N) is 1. The molecule has 1 atom stereocenters. The lowest BCUT2D eigenvalue weighted by molar-refractivity contribution is 0.629. The van der Waals surface area contributed by atoms with Gasteiger partial charge in [-0.25, -0.2) is 9.37 Å². The topological polar surface area (TPSA) is 24.9 Å². The predicted molar refractivity (Wildman–Crippen MR) is 80.7 cm³/mol. The summed E-state index contributed by atoms with van der Waals surface area (Å²) in [6.07, 6.45) is 0. The molecule has 98 valence electrons. The largest absolute Gasteiger partial charge is 0.354 e. The summed E-state index contributed by atoms with van der Waals surface area (Å²) in [5.41, 5.74) is 0.710. The van der Waals surface area contributed by atoms with Crippen LogP contribution in [-0.2, 0) is 0 Å². The lowest BCUT2D eigenvalue weighted by Crippen LogP contribution is -2.03. The van der Waals surface area contributed by atoms with E-state index in [0.717, 1.165) is 9.83 Å². The number of aryl methyl sites for hydroxylation is 1. The minimum atomic E-state index is -0.244. The van der Waals surface area contributed by atoms with Crippen LogP contribution in [-0.4, -0.2) is 4.98 Å². The van der Waals surface area contributed by atoms with Gasteiger partial charge in [-0.15, -0.1) is 11.3 Å². The van der Waals surface area contributed by atoms with Crippen molar-refractivity contribution in [3.63, 3.8) is 0 Å². The zero-order valence-electron chi connectivity index (χ0n) is 10.6. The Bertz CT molecular complexity index is 717. The summed E-state index contributed by atoms with van der Waals surface area (Å²) in [7, 11) is 0. The van der Waals surface area contributed by atoms with Crippen LogP contribution in [0.1, 0.15) is 22.7 Å². The van der Waals surface area contributed by atoms with Crippen LogP contribution in [0, 0.1) is 12.7 Å². The maximum absolute atomic E-state index is 13.1. The minimum Gasteiger partial charge on any atom is -0.354 e. The quantitative estimate of drug-likeness (QED) is 0.736. The maximum Gasteiger partial charge on any atom is 0.184 e. The van der Waals surface area contributed by atoms with Crippen LogP contribution >= 0.6 is 22.7 Å². The number of benzene rings is 1. The van der Waals surface area contributed by atoms with Gasteiger partial charge in [0.05, 0.1) is 16.3 Å². The molecule has 5 heteroatoms. The van der Waals surface area contributed by atoms with Crippen molar-refractivity contribution < 1.29 is 4.39 Å². The van der Waals surface area contributed by atoms with Crippen LogP contribution in [0.3, 0.4) is 0 Å². The third-order valence-corrected chi connectivity index (χ3v) is 5.03. The highest BCUT2D eigenvalue weighted by atomic mass is 32.1. The first-order chi connectivity index (χ1) is 9.11. The normalized spacial score (nSPS) is 12.8. The Balaban J connectivity index is 1.85. The molecule has 0 bridgehead atoms. The molecule has 19 heavy (non-hydrogen) atoms. The number of halogens is 1. The SMILES string of the molecule is Cc1ccc(C(C)Nc2nc3cc(F)ccc3s2)s1. The average molecular weight is 292 g/mol. The van der Waals surface area contributed by atoms with Gasteiger partial charge in [-0.1, -0.05) is 11.3 Å². The molecule has 0 aliphatic carbocycles. The van der Waals surface area contributed by atoms with Crippen molar-refractivity contribution in [2.24, 2.45) is 0 Å². The van der Waals surface area contributed by atoms with Gasteiger partial charge in [-0.3, -0.25) is 0 Å². The van der Waals surface area contributed by atoms with Crippen molar-refractivity contribution in [2.45, 2.75) is 19.9 Å². The Kier molecular flexibility index (Phi) is 3.24. The summed E-state index contributed by atoms with van der Waals surface area (Å²) < 4.78 is 14.1. The lowest BCUT2D eigenvalue weighted by Gasteiger charge is -2.10. The van der Waals surface area contributed by atoms with Crippen molar-refractivity contribution in [1.82, 2.24) is 4.98 Å². The molecule has 0 aliphatic heterocycles. The summed E-state index contributed by atoms with van der Waals surface area (Å²) in [5, 5.41) is 4.21. The number of anilines is 1. The van der Waals surface area contributed by atoms with E-state index in [4.69, 9.17) is 0 Å². The Morgan fingerprint density at radius 1 is 1.21 bits per heavy atom. The molecule has 0 radical (unpaired) electrons. The average Bonchev–Trinajstić information content (AvgIpc) is 2.94. The van der Waals surface area contributed by atoms with Gasteiger partial charge in [-0.2, -0.15) is 0 Å². The van der Waals surface area contributed by atoms with Crippen LogP contribution < -0.4 is 5.32 Å². The molecule has 0 aliphatic rings. The molecular formula is C14H13FN2S2. The molecule has 3 aromatic rings. The van der Waals surface area contributed by atoms with Crippen LogP contribution in [0.15, 0.2) is 30.3 Å². The number of aromatic nitrogens is 1. The van der Waals surface area contributed by atoms with E-state index in [9.17, 15) is 4.39 Å². The third kappa shape index (κ3) is 2.62. The zero-order chi connectivity index (χ0) is 13.4. The fourth-order valence-corrected chi connectivity index (χ4v) is 3.72. The van der Waals surface area contributed by atoms with E-state index in [2.05, 4.69) is 36.3 Å². The molecule has 2 heterocycles. The highest BCUT2D eigenvalue weighted by Crippen LogP contribution is 2.31. The molecule has 1 unspecified atom stereocenters. The molecule has 0 saturated heterocycles. The van der Waals surface area contributed by atoms with Crippen LogP contribution in [0.5, 0.6) is 0 Å². The van der Waals surface area contributed by atoms with Crippen LogP contribution in [0.4, 0.5) is 9.52 Å². The standard InChI is InChI=1S/C14H13FN2S2/c1-8-3-5-12(18-8)9(2)16-14-17-11-7-10(15)4-6-13(11)19-14/h3-7,9H,1-2H3,(H,16,17). The van der Waals surface area contributed by atoms with Gasteiger partial charge < -0.3 is 5.32 Å². The smallest absolute Gasteiger partial charge is 0.184 e. The Morgan fingerprint density at radius 3 is 2.79 bits per heavy atom.